The number of nitrogens with one attached hydrogen (secondary N) is 1. The van der Waals surface area contributed by atoms with Crippen molar-refractivity contribution in [3.05, 3.63) is 65.2 Å². The van der Waals surface area contributed by atoms with Gasteiger partial charge in [0.1, 0.15) is 17.8 Å². The second-order valence-corrected chi connectivity index (χ2v) is 7.53. The molecular formula is C22H23F2N3O4. The normalized spacial score (nSPS) is 18.3. The lowest BCUT2D eigenvalue weighted by molar-refractivity contribution is -0.138. The van der Waals surface area contributed by atoms with E-state index in [1.54, 1.807) is 31.2 Å². The number of carbonyl (C=O) groups is 3. The first kappa shape index (κ1) is 22.2. The van der Waals surface area contributed by atoms with Gasteiger partial charge in [-0.05, 0) is 42.7 Å². The van der Waals surface area contributed by atoms with Crippen LogP contribution in [-0.2, 0) is 21.7 Å². The van der Waals surface area contributed by atoms with E-state index in [1.807, 2.05) is 19.1 Å². The summed E-state index contributed by atoms with van der Waals surface area (Å²) in [5.74, 6) is -0.921. The summed E-state index contributed by atoms with van der Waals surface area (Å²) in [6.07, 6.45) is 0. The number of carbonyl (C=O) groups excluding carboxylic acids is 3. The molecule has 1 aliphatic rings. The zero-order chi connectivity index (χ0) is 22.8. The number of rotatable bonds is 7. The van der Waals surface area contributed by atoms with Gasteiger partial charge in [0, 0.05) is 13.6 Å². The molecule has 1 aliphatic heterocycles. The first-order chi connectivity index (χ1) is 14.6. The predicted molar refractivity (Wildman–Crippen MR) is 108 cm³/mol. The number of aryl methyl sites for hydroxylation is 1. The molecular weight excluding hydrogens is 408 g/mol. The molecule has 1 unspecified atom stereocenters. The van der Waals surface area contributed by atoms with Crippen molar-refractivity contribution in [2.45, 2.75) is 32.5 Å². The van der Waals surface area contributed by atoms with Gasteiger partial charge in [-0.25, -0.2) is 4.79 Å². The molecule has 9 heteroatoms. The van der Waals surface area contributed by atoms with E-state index in [0.29, 0.717) is 11.1 Å². The Labute approximate surface area is 178 Å². The van der Waals surface area contributed by atoms with E-state index in [1.165, 1.54) is 24.1 Å². The molecule has 31 heavy (non-hydrogen) atoms. The van der Waals surface area contributed by atoms with Crippen molar-refractivity contribution in [3.63, 3.8) is 0 Å². The number of ether oxygens (including phenoxy) is 1. The highest BCUT2D eigenvalue weighted by Gasteiger charge is 2.50. The van der Waals surface area contributed by atoms with Crippen molar-refractivity contribution in [3.8, 4) is 5.75 Å². The van der Waals surface area contributed by atoms with Gasteiger partial charge in [0.05, 0.1) is 0 Å². The first-order valence-electron chi connectivity index (χ1n) is 9.59. The number of hydrogen-bond acceptors (Lipinski definition) is 4. The maximum atomic E-state index is 13.0. The molecule has 1 N–H and O–H groups in total. The van der Waals surface area contributed by atoms with Crippen LogP contribution < -0.4 is 10.1 Å². The molecule has 0 aromatic heterocycles. The molecule has 2 aromatic rings. The summed E-state index contributed by atoms with van der Waals surface area (Å²) < 4.78 is 28.8. The fourth-order valence-electron chi connectivity index (χ4n) is 3.55. The second kappa shape index (κ2) is 8.71. The molecule has 4 amide bonds. The third-order valence-corrected chi connectivity index (χ3v) is 5.25. The van der Waals surface area contributed by atoms with E-state index in [0.717, 1.165) is 10.5 Å². The number of benzene rings is 2. The van der Waals surface area contributed by atoms with Gasteiger partial charge in [0.25, 0.3) is 5.91 Å². The highest BCUT2D eigenvalue weighted by Crippen LogP contribution is 2.30. The molecule has 3 rings (SSSR count). The number of alkyl halides is 2. The van der Waals surface area contributed by atoms with Crippen molar-refractivity contribution in [2.24, 2.45) is 0 Å². The minimum Gasteiger partial charge on any atom is -0.435 e. The monoisotopic (exact) mass is 431 g/mol. The summed E-state index contributed by atoms with van der Waals surface area (Å²) in [6.45, 7) is 0.317. The van der Waals surface area contributed by atoms with Gasteiger partial charge < -0.3 is 15.0 Å². The molecule has 1 atom stereocenters. The van der Waals surface area contributed by atoms with Crippen LogP contribution in [0.25, 0.3) is 0 Å². The molecule has 0 saturated carbocycles. The molecule has 1 heterocycles. The third-order valence-electron chi connectivity index (χ3n) is 5.25. The van der Waals surface area contributed by atoms with Gasteiger partial charge in [-0.15, -0.1) is 0 Å². The predicted octanol–water partition coefficient (Wildman–Crippen LogP) is 3.02. The van der Waals surface area contributed by atoms with E-state index < -0.39 is 36.5 Å². The average molecular weight is 431 g/mol. The van der Waals surface area contributed by atoms with Gasteiger partial charge in [-0.1, -0.05) is 36.4 Å². The Bertz CT molecular complexity index is 997. The van der Waals surface area contributed by atoms with Crippen LogP contribution >= 0.6 is 0 Å². The zero-order valence-corrected chi connectivity index (χ0v) is 17.4. The van der Waals surface area contributed by atoms with Crippen LogP contribution in [0.2, 0.25) is 0 Å². The lowest BCUT2D eigenvalue weighted by Gasteiger charge is -2.24. The Hall–Kier alpha value is -3.49. The molecule has 0 radical (unpaired) electrons. The van der Waals surface area contributed by atoms with E-state index in [-0.39, 0.29) is 12.3 Å². The fraction of sp³-hybridized carbons (Fsp3) is 0.318. The van der Waals surface area contributed by atoms with Crippen molar-refractivity contribution in [2.75, 3.05) is 13.6 Å². The Morgan fingerprint density at radius 3 is 2.42 bits per heavy atom. The average Bonchev–Trinajstić information content (AvgIpc) is 2.93. The summed E-state index contributed by atoms with van der Waals surface area (Å²) in [6, 6.07) is 12.5. The topological polar surface area (TPSA) is 79.0 Å². The molecule has 0 bridgehead atoms. The first-order valence-corrected chi connectivity index (χ1v) is 9.59. The van der Waals surface area contributed by atoms with Gasteiger partial charge in [-0.3, -0.25) is 14.5 Å². The van der Waals surface area contributed by atoms with E-state index >= 15 is 0 Å². The smallest absolute Gasteiger partial charge is 0.387 e. The molecule has 1 saturated heterocycles. The fourth-order valence-corrected chi connectivity index (χ4v) is 3.55. The number of urea groups is 1. The number of imide groups is 1. The highest BCUT2D eigenvalue weighted by molar-refractivity contribution is 6.09. The summed E-state index contributed by atoms with van der Waals surface area (Å²) in [7, 11) is 1.53. The number of nitrogens with zero attached hydrogens (tertiary/aromatic N) is 2. The summed E-state index contributed by atoms with van der Waals surface area (Å²) in [4.78, 5) is 40.4. The number of likely N-dealkylation sites (N-methyl/N-ethyl adjacent to an activating group) is 1. The minimum absolute atomic E-state index is 0.0163. The lowest BCUT2D eigenvalue weighted by Crippen LogP contribution is -2.43. The van der Waals surface area contributed by atoms with Crippen molar-refractivity contribution >= 4 is 17.8 Å². The van der Waals surface area contributed by atoms with Gasteiger partial charge in [0.2, 0.25) is 5.91 Å². The standard InChI is InChI=1S/C22H23F2N3O4/c1-14-6-4-5-7-17(14)22(2)19(29)27(21(30)25-22)13-18(28)26(3)12-15-8-10-16(11-9-15)31-20(23)24/h4-11,20H,12-13H2,1-3H3,(H,25,30). The second-order valence-electron chi connectivity index (χ2n) is 7.53. The number of hydrogen-bond donors (Lipinski definition) is 1. The van der Waals surface area contributed by atoms with Crippen LogP contribution in [0.3, 0.4) is 0 Å². The molecule has 1 fully saturated rings. The lowest BCUT2D eigenvalue weighted by atomic mass is 9.88. The maximum Gasteiger partial charge on any atom is 0.387 e. The van der Waals surface area contributed by atoms with Gasteiger partial charge in [0.15, 0.2) is 0 Å². The van der Waals surface area contributed by atoms with Crippen molar-refractivity contribution in [1.29, 1.82) is 0 Å². The minimum atomic E-state index is -2.91. The Balaban J connectivity index is 1.66. The molecule has 0 aliphatic carbocycles. The Kier molecular flexibility index (Phi) is 6.24. The molecule has 0 spiro atoms. The summed E-state index contributed by atoms with van der Waals surface area (Å²) >= 11 is 0. The molecule has 164 valence electrons. The SMILES string of the molecule is Cc1ccccc1C1(C)NC(=O)N(CC(=O)N(C)Cc2ccc(OC(F)F)cc2)C1=O. The van der Waals surface area contributed by atoms with Gasteiger partial charge >= 0.3 is 12.6 Å². The van der Waals surface area contributed by atoms with E-state index in [2.05, 4.69) is 10.1 Å². The van der Waals surface area contributed by atoms with Crippen LogP contribution in [0.4, 0.5) is 13.6 Å². The quantitative estimate of drug-likeness (QED) is 0.684. The largest absolute Gasteiger partial charge is 0.435 e. The molecule has 7 nitrogen and oxygen atoms in total. The van der Waals surface area contributed by atoms with Crippen LogP contribution in [0.5, 0.6) is 5.75 Å². The highest BCUT2D eigenvalue weighted by atomic mass is 19.3. The van der Waals surface area contributed by atoms with E-state index in [9.17, 15) is 23.2 Å². The van der Waals surface area contributed by atoms with Crippen LogP contribution in [0.1, 0.15) is 23.6 Å². The Morgan fingerprint density at radius 2 is 1.81 bits per heavy atom. The van der Waals surface area contributed by atoms with Crippen molar-refractivity contribution in [1.82, 2.24) is 15.1 Å². The molecule has 2 aromatic carbocycles. The number of amides is 4. The Morgan fingerprint density at radius 1 is 1.16 bits per heavy atom. The number of halogens is 2. The van der Waals surface area contributed by atoms with Crippen LogP contribution in [-0.4, -0.2) is 47.8 Å². The summed E-state index contributed by atoms with van der Waals surface area (Å²) in [5, 5.41) is 2.69. The zero-order valence-electron chi connectivity index (χ0n) is 17.4. The van der Waals surface area contributed by atoms with Crippen molar-refractivity contribution < 1.29 is 27.9 Å². The van der Waals surface area contributed by atoms with Crippen LogP contribution in [0.15, 0.2) is 48.5 Å². The van der Waals surface area contributed by atoms with E-state index in [4.69, 9.17) is 0 Å². The van der Waals surface area contributed by atoms with Crippen LogP contribution in [0, 0.1) is 6.92 Å². The summed E-state index contributed by atoms with van der Waals surface area (Å²) in [5.41, 5.74) is 0.951. The maximum absolute atomic E-state index is 13.0. The third kappa shape index (κ3) is 4.65. The van der Waals surface area contributed by atoms with Gasteiger partial charge in [-0.2, -0.15) is 8.78 Å².